The lowest BCUT2D eigenvalue weighted by atomic mass is 10.1. The predicted molar refractivity (Wildman–Crippen MR) is 133 cm³/mol. The molecule has 0 saturated carbocycles. The largest absolute Gasteiger partial charge is 0.504 e. The van der Waals surface area contributed by atoms with Crippen LogP contribution in [0.15, 0.2) is 71.6 Å². The molecule has 0 spiro atoms. The third-order valence-electron chi connectivity index (χ3n) is 4.86. The van der Waals surface area contributed by atoms with Gasteiger partial charge < -0.3 is 9.84 Å². The Hall–Kier alpha value is -3.26. The molecule has 0 aliphatic carbocycles. The molecule has 1 aromatic heterocycles. The van der Waals surface area contributed by atoms with E-state index >= 15 is 0 Å². The van der Waals surface area contributed by atoms with Gasteiger partial charge in [-0.1, -0.05) is 41.4 Å². The second kappa shape index (κ2) is 9.31. The standard InChI is InChI=1S/C24H18Cl2N2O4S/c1-32-18-9-3-15(4-10-18)2-7-17-8-13-20-21(26)14-22(24(29)23(20)27-17)28-33(30,31)19-11-5-16(25)6-12-19/h2-14,28-29H,1H3/b7-2+. The Morgan fingerprint density at radius 2 is 1.67 bits per heavy atom. The molecule has 33 heavy (non-hydrogen) atoms. The van der Waals surface area contributed by atoms with E-state index in [1.165, 1.54) is 30.3 Å². The molecule has 6 nitrogen and oxygen atoms in total. The third-order valence-corrected chi connectivity index (χ3v) is 6.80. The van der Waals surface area contributed by atoms with Gasteiger partial charge in [-0.15, -0.1) is 0 Å². The van der Waals surface area contributed by atoms with Crippen LogP contribution in [0.2, 0.25) is 10.0 Å². The van der Waals surface area contributed by atoms with Crippen molar-refractivity contribution in [1.82, 2.24) is 4.98 Å². The molecule has 0 fully saturated rings. The molecule has 2 N–H and O–H groups in total. The van der Waals surface area contributed by atoms with Crippen LogP contribution in [0.3, 0.4) is 0 Å². The molecular formula is C24H18Cl2N2O4S. The number of sulfonamides is 1. The van der Waals surface area contributed by atoms with Crippen molar-refractivity contribution >= 4 is 62.0 Å². The van der Waals surface area contributed by atoms with Gasteiger partial charge in [0, 0.05) is 10.4 Å². The van der Waals surface area contributed by atoms with E-state index in [-0.39, 0.29) is 26.9 Å². The first-order chi connectivity index (χ1) is 15.8. The number of nitrogens with zero attached hydrogens (tertiary/aromatic N) is 1. The molecule has 0 aliphatic heterocycles. The van der Waals surface area contributed by atoms with Crippen LogP contribution < -0.4 is 9.46 Å². The number of hydrogen-bond donors (Lipinski definition) is 2. The molecule has 3 aromatic carbocycles. The Labute approximate surface area is 201 Å². The van der Waals surface area contributed by atoms with Crippen LogP contribution in [0.4, 0.5) is 5.69 Å². The fraction of sp³-hybridized carbons (Fsp3) is 0.0417. The summed E-state index contributed by atoms with van der Waals surface area (Å²) >= 11 is 12.2. The van der Waals surface area contributed by atoms with Crippen LogP contribution in [0, 0.1) is 0 Å². The highest BCUT2D eigenvalue weighted by Crippen LogP contribution is 2.38. The number of phenolic OH excluding ortho intramolecular Hbond substituents is 1. The van der Waals surface area contributed by atoms with Crippen molar-refractivity contribution in [3.05, 3.63) is 88.0 Å². The van der Waals surface area contributed by atoms with Gasteiger partial charge in [0.15, 0.2) is 5.75 Å². The van der Waals surface area contributed by atoms with Crippen LogP contribution in [0.25, 0.3) is 23.1 Å². The Kier molecular flexibility index (Phi) is 6.47. The fourth-order valence-electron chi connectivity index (χ4n) is 3.13. The van der Waals surface area contributed by atoms with Crippen molar-refractivity contribution in [3.63, 3.8) is 0 Å². The number of halogens is 2. The van der Waals surface area contributed by atoms with Crippen molar-refractivity contribution < 1.29 is 18.3 Å². The summed E-state index contributed by atoms with van der Waals surface area (Å²) < 4.78 is 33.0. The molecule has 0 unspecified atom stereocenters. The van der Waals surface area contributed by atoms with Crippen LogP contribution in [0.1, 0.15) is 11.3 Å². The molecule has 4 aromatic rings. The van der Waals surface area contributed by atoms with Crippen molar-refractivity contribution in [2.75, 3.05) is 11.8 Å². The molecule has 9 heteroatoms. The number of anilines is 1. The maximum absolute atomic E-state index is 12.7. The number of aromatic hydroxyl groups is 1. The second-order valence-electron chi connectivity index (χ2n) is 7.05. The number of nitrogens with one attached hydrogen (secondary N) is 1. The average molecular weight is 501 g/mol. The minimum Gasteiger partial charge on any atom is -0.504 e. The summed E-state index contributed by atoms with van der Waals surface area (Å²) in [5.41, 5.74) is 1.59. The minimum atomic E-state index is -3.98. The van der Waals surface area contributed by atoms with E-state index in [0.29, 0.717) is 16.1 Å². The van der Waals surface area contributed by atoms with Crippen molar-refractivity contribution in [1.29, 1.82) is 0 Å². The summed E-state index contributed by atoms with van der Waals surface area (Å²) in [6.07, 6.45) is 3.64. The van der Waals surface area contributed by atoms with E-state index in [0.717, 1.165) is 11.3 Å². The first-order valence-electron chi connectivity index (χ1n) is 9.69. The Morgan fingerprint density at radius 3 is 2.33 bits per heavy atom. The number of ether oxygens (including phenoxy) is 1. The Bertz CT molecular complexity index is 1450. The van der Waals surface area contributed by atoms with Crippen molar-refractivity contribution in [2.24, 2.45) is 0 Å². The van der Waals surface area contributed by atoms with Crippen molar-refractivity contribution in [3.8, 4) is 11.5 Å². The Morgan fingerprint density at radius 1 is 0.970 bits per heavy atom. The van der Waals surface area contributed by atoms with E-state index < -0.39 is 10.0 Å². The number of pyridine rings is 1. The number of aromatic nitrogens is 1. The SMILES string of the molecule is COc1ccc(/C=C/c2ccc3c(Cl)cc(NS(=O)(=O)c4ccc(Cl)cc4)c(O)c3n2)cc1. The first-order valence-corrected chi connectivity index (χ1v) is 11.9. The maximum atomic E-state index is 12.7. The van der Waals surface area contributed by atoms with Gasteiger partial charge >= 0.3 is 0 Å². The van der Waals surface area contributed by atoms with E-state index in [4.69, 9.17) is 27.9 Å². The number of phenols is 1. The van der Waals surface area contributed by atoms with Gasteiger partial charge in [-0.3, -0.25) is 4.72 Å². The highest BCUT2D eigenvalue weighted by Gasteiger charge is 2.19. The summed E-state index contributed by atoms with van der Waals surface area (Å²) in [6.45, 7) is 0. The number of hydrogen-bond acceptors (Lipinski definition) is 5. The second-order valence-corrected chi connectivity index (χ2v) is 9.58. The van der Waals surface area contributed by atoms with Gasteiger partial charge in [0.05, 0.1) is 28.4 Å². The number of rotatable bonds is 6. The molecule has 0 bridgehead atoms. The number of fused-ring (bicyclic) bond motifs is 1. The molecule has 168 valence electrons. The maximum Gasteiger partial charge on any atom is 0.262 e. The highest BCUT2D eigenvalue weighted by atomic mass is 35.5. The van der Waals surface area contributed by atoms with Crippen LogP contribution in [-0.4, -0.2) is 25.6 Å². The van der Waals surface area contributed by atoms with Gasteiger partial charge in [-0.05, 0) is 66.2 Å². The zero-order valence-corrected chi connectivity index (χ0v) is 19.6. The first kappa shape index (κ1) is 22.9. The molecule has 0 atom stereocenters. The van der Waals surface area contributed by atoms with Gasteiger partial charge in [0.2, 0.25) is 0 Å². The number of benzene rings is 3. The molecular weight excluding hydrogens is 483 g/mol. The smallest absolute Gasteiger partial charge is 0.262 e. The number of methoxy groups -OCH3 is 1. The lowest BCUT2D eigenvalue weighted by Crippen LogP contribution is -2.13. The lowest BCUT2D eigenvalue weighted by molar-refractivity contribution is 0.415. The normalized spacial score (nSPS) is 11.7. The molecule has 1 heterocycles. The summed E-state index contributed by atoms with van der Waals surface area (Å²) in [5.74, 6) is 0.427. The van der Waals surface area contributed by atoms with Crippen LogP contribution in [0.5, 0.6) is 11.5 Å². The van der Waals surface area contributed by atoms with Gasteiger partial charge in [0.1, 0.15) is 11.3 Å². The average Bonchev–Trinajstić information content (AvgIpc) is 2.81. The summed E-state index contributed by atoms with van der Waals surface area (Å²) in [7, 11) is -2.38. The lowest BCUT2D eigenvalue weighted by Gasteiger charge is -2.13. The molecule has 0 radical (unpaired) electrons. The molecule has 0 aliphatic rings. The summed E-state index contributed by atoms with van der Waals surface area (Å²) in [6, 6.07) is 18.0. The Balaban J connectivity index is 1.68. The predicted octanol–water partition coefficient (Wildman–Crippen LogP) is 6.23. The zero-order chi connectivity index (χ0) is 23.6. The van der Waals surface area contributed by atoms with Gasteiger partial charge in [-0.25, -0.2) is 13.4 Å². The van der Waals surface area contributed by atoms with E-state index in [1.54, 1.807) is 25.3 Å². The molecule has 4 rings (SSSR count). The quantitative estimate of drug-likeness (QED) is 0.306. The van der Waals surface area contributed by atoms with Crippen LogP contribution >= 0.6 is 23.2 Å². The van der Waals surface area contributed by atoms with Crippen molar-refractivity contribution in [2.45, 2.75) is 4.90 Å². The summed E-state index contributed by atoms with van der Waals surface area (Å²) in [5, 5.41) is 11.9. The topological polar surface area (TPSA) is 88.5 Å². The van der Waals surface area contributed by atoms with E-state index in [2.05, 4.69) is 9.71 Å². The summed E-state index contributed by atoms with van der Waals surface area (Å²) in [4.78, 5) is 4.45. The van der Waals surface area contributed by atoms with E-state index in [1.807, 2.05) is 30.3 Å². The van der Waals surface area contributed by atoms with Crippen LogP contribution in [-0.2, 0) is 10.0 Å². The molecule has 0 amide bonds. The fourth-order valence-corrected chi connectivity index (χ4v) is 4.58. The third kappa shape index (κ3) is 5.06. The zero-order valence-electron chi connectivity index (χ0n) is 17.3. The minimum absolute atomic E-state index is 0.00773. The monoisotopic (exact) mass is 500 g/mol. The molecule has 0 saturated heterocycles. The van der Waals surface area contributed by atoms with E-state index in [9.17, 15) is 13.5 Å². The highest BCUT2D eigenvalue weighted by molar-refractivity contribution is 7.92. The van der Waals surface area contributed by atoms with Gasteiger partial charge in [-0.2, -0.15) is 0 Å². The van der Waals surface area contributed by atoms with Gasteiger partial charge in [0.25, 0.3) is 10.0 Å².